The molecule has 0 N–H and O–H groups in total. The van der Waals surface area contributed by atoms with Gasteiger partial charge in [0.2, 0.25) is 0 Å². The highest BCUT2D eigenvalue weighted by atomic mass is 14.0. The fourth-order valence-electron chi connectivity index (χ4n) is 1.06. The molecule has 0 unspecified atom stereocenters. The van der Waals surface area contributed by atoms with Crippen LogP contribution in [0.4, 0.5) is 0 Å². The molecule has 1 aliphatic carbocycles. The van der Waals surface area contributed by atoms with Crippen LogP contribution < -0.4 is 0 Å². The summed E-state index contributed by atoms with van der Waals surface area (Å²) in [6.07, 6.45) is 9.00. The van der Waals surface area contributed by atoms with Gasteiger partial charge in [0.25, 0.3) is 0 Å². The van der Waals surface area contributed by atoms with E-state index in [0.29, 0.717) is 0 Å². The van der Waals surface area contributed by atoms with Crippen LogP contribution in [-0.2, 0) is 0 Å². The largest absolute Gasteiger partial charge is 0.106 e. The summed E-state index contributed by atoms with van der Waals surface area (Å²) in [5.41, 5.74) is 0. The van der Waals surface area contributed by atoms with E-state index in [0.717, 1.165) is 0 Å². The van der Waals surface area contributed by atoms with E-state index in [1.807, 2.05) is 0 Å². The Morgan fingerprint density at radius 1 is 0.400 bits per heavy atom. The van der Waals surface area contributed by atoms with E-state index in [-0.39, 0.29) is 0 Å². The molecule has 0 saturated heterocycles. The van der Waals surface area contributed by atoms with E-state index >= 15 is 0 Å². The van der Waals surface area contributed by atoms with E-state index < -0.39 is 0 Å². The molecule has 0 amide bonds. The van der Waals surface area contributed by atoms with Crippen LogP contribution in [0.1, 0.15) is 38.5 Å². The van der Waals surface area contributed by atoms with E-state index in [9.17, 15) is 0 Å². The molecule has 1 fully saturated rings. The van der Waals surface area contributed by atoms with Crippen molar-refractivity contribution in [2.24, 2.45) is 0 Å². The van der Waals surface area contributed by atoms with Crippen LogP contribution in [0.25, 0.3) is 0 Å². The van der Waals surface area contributed by atoms with Crippen LogP contribution in [0.3, 0.4) is 0 Å². The minimum atomic E-state index is 1.50. The monoisotopic (exact) mass is 140 g/mol. The zero-order valence-corrected chi connectivity index (χ0v) is 7.07. The molecule has 0 aromatic carbocycles. The van der Waals surface area contributed by atoms with Gasteiger partial charge in [0, 0.05) is 0 Å². The first-order valence-electron chi connectivity index (χ1n) is 4.00. The predicted molar refractivity (Wildman–Crippen MR) is 50.2 cm³/mol. The Kier molecular flexibility index (Phi) is 19.3. The highest BCUT2D eigenvalue weighted by Gasteiger charge is 1.95. The van der Waals surface area contributed by atoms with Crippen LogP contribution in [0, 0.1) is 0 Å². The fourth-order valence-corrected chi connectivity index (χ4v) is 1.06. The topological polar surface area (TPSA) is 0 Å². The third-order valence-electron chi connectivity index (χ3n) is 1.50. The summed E-state index contributed by atoms with van der Waals surface area (Å²) in [7, 11) is 0. The molecule has 0 heterocycles. The van der Waals surface area contributed by atoms with Crippen LogP contribution in [-0.4, -0.2) is 0 Å². The maximum absolute atomic E-state index is 3.00. The molecule has 0 nitrogen and oxygen atoms in total. The van der Waals surface area contributed by atoms with Gasteiger partial charge in [-0.3, -0.25) is 0 Å². The predicted octanol–water partition coefficient (Wildman–Crippen LogP) is 3.95. The van der Waals surface area contributed by atoms with Crippen molar-refractivity contribution in [1.29, 1.82) is 0 Å². The van der Waals surface area contributed by atoms with Gasteiger partial charge in [-0.1, -0.05) is 38.5 Å². The van der Waals surface area contributed by atoms with Gasteiger partial charge in [-0.05, 0) is 0 Å². The lowest BCUT2D eigenvalue weighted by molar-refractivity contribution is 0.504. The molecule has 0 atom stereocenters. The van der Waals surface area contributed by atoms with Crippen LogP contribution in [0.15, 0.2) is 26.3 Å². The van der Waals surface area contributed by atoms with E-state index in [1.165, 1.54) is 38.5 Å². The smallest absolute Gasteiger partial charge is 0.0533 e. The second kappa shape index (κ2) is 15.8. The molecule has 10 heavy (non-hydrogen) atoms. The van der Waals surface area contributed by atoms with Crippen LogP contribution in [0.5, 0.6) is 0 Å². The fraction of sp³-hybridized carbons (Fsp3) is 0.600. The number of hydrogen-bond acceptors (Lipinski definition) is 0. The maximum atomic E-state index is 3.00. The zero-order valence-electron chi connectivity index (χ0n) is 7.07. The Balaban J connectivity index is 0. The SMILES string of the molecule is C1CCCCC1.C=C.C=C. The summed E-state index contributed by atoms with van der Waals surface area (Å²) in [6.45, 7) is 12.0. The molecule has 1 rings (SSSR count). The van der Waals surface area contributed by atoms with Gasteiger partial charge in [-0.25, -0.2) is 0 Å². The standard InChI is InChI=1S/C6H12.2C2H4/c1-2-4-6-5-3-1;2*1-2/h1-6H2;2*1-2H2. The lowest BCUT2D eigenvalue weighted by Gasteiger charge is -2.05. The van der Waals surface area contributed by atoms with E-state index in [2.05, 4.69) is 26.3 Å². The Morgan fingerprint density at radius 2 is 0.500 bits per heavy atom. The van der Waals surface area contributed by atoms with Crippen molar-refractivity contribution >= 4 is 0 Å². The molecular weight excluding hydrogens is 120 g/mol. The Labute approximate surface area is 65.7 Å². The maximum Gasteiger partial charge on any atom is -0.0533 e. The average Bonchev–Trinajstić information content (AvgIpc) is 2.14. The molecule has 1 aliphatic rings. The first kappa shape index (κ1) is 12.2. The van der Waals surface area contributed by atoms with Gasteiger partial charge in [0.15, 0.2) is 0 Å². The van der Waals surface area contributed by atoms with E-state index in [1.54, 1.807) is 0 Å². The molecule has 0 bridgehead atoms. The van der Waals surface area contributed by atoms with Crippen molar-refractivity contribution in [3.8, 4) is 0 Å². The third kappa shape index (κ3) is 10.5. The second-order valence-corrected chi connectivity index (χ2v) is 2.12. The van der Waals surface area contributed by atoms with Gasteiger partial charge in [-0.2, -0.15) is 0 Å². The quantitative estimate of drug-likeness (QED) is 0.447. The molecule has 60 valence electrons. The first-order chi connectivity index (χ1) is 5.00. The number of rotatable bonds is 0. The normalized spacial score (nSPS) is 15.2. The summed E-state index contributed by atoms with van der Waals surface area (Å²) >= 11 is 0. The van der Waals surface area contributed by atoms with Crippen LogP contribution >= 0.6 is 0 Å². The molecule has 1 saturated carbocycles. The van der Waals surface area contributed by atoms with Gasteiger partial charge in [0.05, 0.1) is 0 Å². The summed E-state index contributed by atoms with van der Waals surface area (Å²) in [5, 5.41) is 0. The van der Waals surface area contributed by atoms with Crippen LogP contribution in [0.2, 0.25) is 0 Å². The zero-order chi connectivity index (χ0) is 8.24. The lowest BCUT2D eigenvalue weighted by Crippen LogP contribution is -1.85. The van der Waals surface area contributed by atoms with Crippen molar-refractivity contribution < 1.29 is 0 Å². The molecule has 0 spiro atoms. The Hall–Kier alpha value is -0.520. The number of hydrogen-bond donors (Lipinski definition) is 0. The average molecular weight is 140 g/mol. The molecule has 0 aromatic rings. The minimum Gasteiger partial charge on any atom is -0.106 e. The first-order valence-corrected chi connectivity index (χ1v) is 4.00. The summed E-state index contributed by atoms with van der Waals surface area (Å²) in [6, 6.07) is 0. The van der Waals surface area contributed by atoms with Gasteiger partial charge < -0.3 is 0 Å². The molecule has 0 aromatic heterocycles. The highest BCUT2D eigenvalue weighted by molar-refractivity contribution is 4.51. The third-order valence-corrected chi connectivity index (χ3v) is 1.50. The Morgan fingerprint density at radius 3 is 0.600 bits per heavy atom. The molecule has 0 aliphatic heterocycles. The van der Waals surface area contributed by atoms with Crippen molar-refractivity contribution in [3.63, 3.8) is 0 Å². The minimum absolute atomic E-state index is 1.50. The summed E-state index contributed by atoms with van der Waals surface area (Å²) in [4.78, 5) is 0. The summed E-state index contributed by atoms with van der Waals surface area (Å²) in [5.74, 6) is 0. The van der Waals surface area contributed by atoms with Gasteiger partial charge in [-0.15, -0.1) is 26.3 Å². The van der Waals surface area contributed by atoms with Crippen molar-refractivity contribution in [3.05, 3.63) is 26.3 Å². The molecule has 0 radical (unpaired) electrons. The van der Waals surface area contributed by atoms with Crippen molar-refractivity contribution in [2.75, 3.05) is 0 Å². The Bertz CT molecular complexity index is 30.5. The second-order valence-electron chi connectivity index (χ2n) is 2.12. The lowest BCUT2D eigenvalue weighted by atomic mass is 10.0. The van der Waals surface area contributed by atoms with Gasteiger partial charge >= 0.3 is 0 Å². The molecular formula is C10H20. The van der Waals surface area contributed by atoms with Crippen molar-refractivity contribution in [1.82, 2.24) is 0 Å². The van der Waals surface area contributed by atoms with Crippen molar-refractivity contribution in [2.45, 2.75) is 38.5 Å². The molecule has 0 heteroatoms. The highest BCUT2D eigenvalue weighted by Crippen LogP contribution is 2.15. The summed E-state index contributed by atoms with van der Waals surface area (Å²) < 4.78 is 0. The van der Waals surface area contributed by atoms with E-state index in [4.69, 9.17) is 0 Å². The van der Waals surface area contributed by atoms with Gasteiger partial charge in [0.1, 0.15) is 0 Å².